The number of rotatable bonds is 4. The molecule has 0 saturated heterocycles. The normalized spacial score (nSPS) is 39.3. The van der Waals surface area contributed by atoms with E-state index in [1.54, 1.807) is 0 Å². The van der Waals surface area contributed by atoms with Crippen LogP contribution in [-0.2, 0) is 4.79 Å². The second-order valence-electron chi connectivity index (χ2n) is 9.07. The number of alkyl halides is 1. The van der Waals surface area contributed by atoms with Crippen LogP contribution in [0.15, 0.2) is 0 Å². The fourth-order valence-corrected chi connectivity index (χ4v) is 5.75. The molecule has 0 aromatic carbocycles. The first-order chi connectivity index (χ1) is 9.82. The molecule has 0 aromatic heterocycles. The average Bonchev–Trinajstić information content (AvgIpc) is 2.35. The van der Waals surface area contributed by atoms with Crippen LogP contribution in [0.3, 0.4) is 0 Å². The van der Waals surface area contributed by atoms with Crippen molar-refractivity contribution in [1.82, 2.24) is 5.32 Å². The van der Waals surface area contributed by atoms with Crippen LogP contribution in [-0.4, -0.2) is 17.8 Å². The maximum Gasteiger partial charge on any atom is 0.226 e. The first-order valence-corrected chi connectivity index (χ1v) is 9.23. The summed E-state index contributed by atoms with van der Waals surface area (Å²) in [5.74, 6) is 3.42. The summed E-state index contributed by atoms with van der Waals surface area (Å²) in [5, 5.41) is 3.39. The van der Waals surface area contributed by atoms with Gasteiger partial charge in [0.1, 0.15) is 0 Å². The van der Waals surface area contributed by atoms with Crippen molar-refractivity contribution in [1.29, 1.82) is 0 Å². The molecule has 0 aromatic rings. The summed E-state index contributed by atoms with van der Waals surface area (Å²) in [6.45, 7) is 6.60. The zero-order valence-electron chi connectivity index (χ0n) is 13.8. The van der Waals surface area contributed by atoms with Gasteiger partial charge in [0.05, 0.1) is 0 Å². The lowest BCUT2D eigenvalue weighted by Gasteiger charge is -2.56. The van der Waals surface area contributed by atoms with Crippen LogP contribution in [0.5, 0.6) is 0 Å². The van der Waals surface area contributed by atoms with E-state index in [2.05, 4.69) is 26.1 Å². The minimum Gasteiger partial charge on any atom is -0.352 e. The molecule has 120 valence electrons. The van der Waals surface area contributed by atoms with Gasteiger partial charge in [-0.1, -0.05) is 20.8 Å². The van der Waals surface area contributed by atoms with Gasteiger partial charge in [0.25, 0.3) is 0 Å². The van der Waals surface area contributed by atoms with Crippen LogP contribution >= 0.6 is 11.6 Å². The lowest BCUT2D eigenvalue weighted by molar-refractivity contribution is -0.147. The Hall–Kier alpha value is -0.240. The molecule has 3 heteroatoms. The van der Waals surface area contributed by atoms with Crippen LogP contribution in [0.1, 0.15) is 65.7 Å². The fraction of sp³-hybridized carbons (Fsp3) is 0.944. The predicted octanol–water partition coefficient (Wildman–Crippen LogP) is 4.36. The number of hydrogen-bond donors (Lipinski definition) is 1. The summed E-state index contributed by atoms with van der Waals surface area (Å²) in [7, 11) is 0. The van der Waals surface area contributed by atoms with Crippen molar-refractivity contribution in [3.63, 3.8) is 0 Å². The molecule has 4 bridgehead atoms. The third kappa shape index (κ3) is 2.98. The Morgan fingerprint density at radius 1 is 1.14 bits per heavy atom. The topological polar surface area (TPSA) is 29.1 Å². The van der Waals surface area contributed by atoms with E-state index in [4.69, 9.17) is 11.6 Å². The molecular weight excluding hydrogens is 282 g/mol. The number of hydrogen-bond acceptors (Lipinski definition) is 1. The Morgan fingerprint density at radius 3 is 2.00 bits per heavy atom. The van der Waals surface area contributed by atoms with Gasteiger partial charge in [-0.05, 0) is 68.1 Å². The molecule has 1 amide bonds. The quantitative estimate of drug-likeness (QED) is 0.768. The largest absolute Gasteiger partial charge is 0.352 e. The van der Waals surface area contributed by atoms with Crippen LogP contribution < -0.4 is 5.32 Å². The Labute approximate surface area is 134 Å². The third-order valence-corrected chi connectivity index (χ3v) is 6.49. The lowest BCUT2D eigenvalue weighted by atomic mass is 9.49. The SMILES string of the molecule is CC(C)(C)C(CCCl)NC(=O)C12CC3CC(CC(C3)C1)C2. The van der Waals surface area contributed by atoms with Gasteiger partial charge in [-0.25, -0.2) is 0 Å². The lowest BCUT2D eigenvalue weighted by Crippen LogP contribution is -2.56. The van der Waals surface area contributed by atoms with Gasteiger partial charge in [-0.3, -0.25) is 4.79 Å². The first kappa shape index (κ1) is 15.6. The second-order valence-corrected chi connectivity index (χ2v) is 9.45. The number of carbonyl (C=O) groups excluding carboxylic acids is 1. The smallest absolute Gasteiger partial charge is 0.226 e. The van der Waals surface area contributed by atoms with Crippen LogP contribution in [0, 0.1) is 28.6 Å². The molecule has 0 radical (unpaired) electrons. The van der Waals surface area contributed by atoms with E-state index < -0.39 is 0 Å². The molecule has 4 aliphatic carbocycles. The van der Waals surface area contributed by atoms with Crippen LogP contribution in [0.25, 0.3) is 0 Å². The molecule has 4 fully saturated rings. The molecule has 0 aliphatic heterocycles. The Morgan fingerprint density at radius 2 is 1.62 bits per heavy atom. The fourth-order valence-electron chi connectivity index (χ4n) is 5.53. The minimum atomic E-state index is -0.0371. The van der Waals surface area contributed by atoms with Gasteiger partial charge >= 0.3 is 0 Å². The van der Waals surface area contributed by atoms with Crippen molar-refractivity contribution in [2.24, 2.45) is 28.6 Å². The molecule has 1 atom stereocenters. The van der Waals surface area contributed by atoms with Crippen molar-refractivity contribution < 1.29 is 4.79 Å². The highest BCUT2D eigenvalue weighted by Gasteiger charge is 2.54. The molecule has 21 heavy (non-hydrogen) atoms. The van der Waals surface area contributed by atoms with Crippen molar-refractivity contribution in [3.05, 3.63) is 0 Å². The predicted molar refractivity (Wildman–Crippen MR) is 87.3 cm³/mol. The maximum absolute atomic E-state index is 13.1. The van der Waals surface area contributed by atoms with E-state index in [-0.39, 0.29) is 16.9 Å². The summed E-state index contributed by atoms with van der Waals surface area (Å²) >= 11 is 5.95. The van der Waals surface area contributed by atoms with E-state index >= 15 is 0 Å². The van der Waals surface area contributed by atoms with Gasteiger partial charge < -0.3 is 5.32 Å². The van der Waals surface area contributed by atoms with Crippen molar-refractivity contribution >= 4 is 17.5 Å². The van der Waals surface area contributed by atoms with Gasteiger partial charge in [0.2, 0.25) is 5.91 Å². The zero-order chi connectivity index (χ0) is 15.3. The number of carbonyl (C=O) groups is 1. The van der Waals surface area contributed by atoms with E-state index in [9.17, 15) is 4.79 Å². The second kappa shape index (κ2) is 5.44. The summed E-state index contributed by atoms with van der Waals surface area (Å²) < 4.78 is 0. The summed E-state index contributed by atoms with van der Waals surface area (Å²) in [5.41, 5.74) is 0.0391. The molecule has 2 nitrogen and oxygen atoms in total. The Bertz CT molecular complexity index is 377. The number of nitrogens with one attached hydrogen (secondary N) is 1. The van der Waals surface area contributed by atoms with Gasteiger partial charge in [0.15, 0.2) is 0 Å². The van der Waals surface area contributed by atoms with E-state index in [1.165, 1.54) is 19.3 Å². The Kier molecular flexibility index (Phi) is 4.05. The first-order valence-electron chi connectivity index (χ1n) is 8.69. The van der Waals surface area contributed by atoms with E-state index in [0.717, 1.165) is 43.4 Å². The molecule has 4 saturated carbocycles. The molecule has 1 unspecified atom stereocenters. The van der Waals surface area contributed by atoms with Crippen molar-refractivity contribution in [2.45, 2.75) is 71.8 Å². The average molecular weight is 312 g/mol. The van der Waals surface area contributed by atoms with E-state index in [1.807, 2.05) is 0 Å². The summed E-state index contributed by atoms with van der Waals surface area (Å²) in [6, 6.07) is 0.190. The highest BCUT2D eigenvalue weighted by Crippen LogP contribution is 2.60. The minimum absolute atomic E-state index is 0.0371. The standard InChI is InChI=1S/C18H30ClNO/c1-17(2,3)15(4-5-19)20-16(21)18-9-12-6-13(10-18)8-14(7-12)11-18/h12-15H,4-11H2,1-3H3,(H,20,21). The van der Waals surface area contributed by atoms with Crippen molar-refractivity contribution in [3.8, 4) is 0 Å². The highest BCUT2D eigenvalue weighted by atomic mass is 35.5. The van der Waals surface area contributed by atoms with Crippen LogP contribution in [0.4, 0.5) is 0 Å². The number of halogens is 1. The monoisotopic (exact) mass is 311 g/mol. The highest BCUT2D eigenvalue weighted by molar-refractivity contribution is 6.17. The molecule has 4 rings (SSSR count). The summed E-state index contributed by atoms with van der Waals surface area (Å²) in [4.78, 5) is 13.1. The van der Waals surface area contributed by atoms with Crippen LogP contribution in [0.2, 0.25) is 0 Å². The molecule has 0 heterocycles. The van der Waals surface area contributed by atoms with Gasteiger partial charge in [-0.15, -0.1) is 11.6 Å². The Balaban J connectivity index is 1.72. The van der Waals surface area contributed by atoms with Gasteiger partial charge in [-0.2, -0.15) is 0 Å². The number of amides is 1. The zero-order valence-corrected chi connectivity index (χ0v) is 14.5. The molecule has 1 N–H and O–H groups in total. The molecular formula is C18H30ClNO. The van der Waals surface area contributed by atoms with Crippen molar-refractivity contribution in [2.75, 3.05) is 5.88 Å². The van der Waals surface area contributed by atoms with Gasteiger partial charge in [0, 0.05) is 17.3 Å². The maximum atomic E-state index is 13.1. The molecule has 0 spiro atoms. The third-order valence-electron chi connectivity index (χ3n) is 6.27. The molecule has 4 aliphatic rings. The summed E-state index contributed by atoms with van der Waals surface area (Å²) in [6.07, 6.45) is 8.45. The van der Waals surface area contributed by atoms with E-state index in [0.29, 0.717) is 11.8 Å².